The average molecular weight is 555 g/mol. The van der Waals surface area contributed by atoms with Crippen molar-refractivity contribution in [2.24, 2.45) is 23.9 Å². The Bertz CT molecular complexity index is 1570. The molecule has 0 bridgehead atoms. The van der Waals surface area contributed by atoms with Crippen molar-refractivity contribution >= 4 is 28.3 Å². The number of aliphatic carboxylic acids is 1. The van der Waals surface area contributed by atoms with E-state index in [4.69, 9.17) is 15.1 Å². The predicted octanol–water partition coefficient (Wildman–Crippen LogP) is 6.91. The minimum atomic E-state index is -0.635. The fourth-order valence-electron chi connectivity index (χ4n) is 6.48. The molecule has 5 rings (SSSR count). The number of aromatic nitrogens is 5. The largest absolute Gasteiger partial charge is 0.481 e. The standard InChI is InChI=1S/C33H42N6O2/c1-7-26-27(11-8-12-28(26)34-17-9-10-23-13-15-24(16-14-23)33(40)41)31-30(20(2)3)22(5)39(36-31)29-18-25-19-38(6)37-32(25)35-21(29)4/h7-8,11-12,18-20,23-24H,9-10,13-17H2,1-6H3,(H,40,41)/b26-7-,34-28?. The molecule has 8 nitrogen and oxygen atoms in total. The molecule has 0 saturated heterocycles. The highest BCUT2D eigenvalue weighted by Crippen LogP contribution is 2.36. The second kappa shape index (κ2) is 12.0. The molecule has 2 aliphatic carbocycles. The molecule has 0 aromatic carbocycles. The van der Waals surface area contributed by atoms with Crippen LogP contribution in [-0.4, -0.2) is 47.9 Å². The van der Waals surface area contributed by atoms with E-state index in [1.807, 2.05) is 24.9 Å². The van der Waals surface area contributed by atoms with Crippen molar-refractivity contribution < 1.29 is 9.90 Å². The van der Waals surface area contributed by atoms with Crippen LogP contribution in [0.25, 0.3) is 22.3 Å². The number of carbonyl (C=O) groups is 1. The first-order valence-electron chi connectivity index (χ1n) is 14.9. The number of carboxylic acid groups (broad SMARTS) is 1. The van der Waals surface area contributed by atoms with Gasteiger partial charge in [-0.15, -0.1) is 0 Å². The van der Waals surface area contributed by atoms with E-state index in [0.29, 0.717) is 5.92 Å². The summed E-state index contributed by atoms with van der Waals surface area (Å²) in [5.41, 5.74) is 9.14. The van der Waals surface area contributed by atoms with Crippen molar-refractivity contribution in [3.05, 3.63) is 64.8 Å². The number of rotatable bonds is 8. The Hall–Kier alpha value is -3.81. The zero-order chi connectivity index (χ0) is 29.3. The maximum Gasteiger partial charge on any atom is 0.306 e. The van der Waals surface area contributed by atoms with Gasteiger partial charge in [-0.25, -0.2) is 9.67 Å². The number of pyridine rings is 1. The summed E-state index contributed by atoms with van der Waals surface area (Å²) in [5, 5.41) is 19.9. The van der Waals surface area contributed by atoms with Gasteiger partial charge in [0.15, 0.2) is 5.65 Å². The fourth-order valence-corrected chi connectivity index (χ4v) is 6.48. The smallest absolute Gasteiger partial charge is 0.306 e. The third-order valence-corrected chi connectivity index (χ3v) is 8.62. The molecule has 3 aromatic rings. The molecular weight excluding hydrogens is 512 g/mol. The zero-order valence-corrected chi connectivity index (χ0v) is 25.2. The van der Waals surface area contributed by atoms with Crippen molar-refractivity contribution in [3.63, 3.8) is 0 Å². The summed E-state index contributed by atoms with van der Waals surface area (Å²) in [4.78, 5) is 21.0. The van der Waals surface area contributed by atoms with Gasteiger partial charge in [0.05, 0.1) is 28.7 Å². The minimum absolute atomic E-state index is 0.150. The van der Waals surface area contributed by atoms with E-state index in [0.717, 1.165) is 95.7 Å². The number of nitrogens with zero attached hydrogens (tertiary/aromatic N) is 6. The van der Waals surface area contributed by atoms with Crippen LogP contribution in [0.2, 0.25) is 0 Å². The summed E-state index contributed by atoms with van der Waals surface area (Å²) >= 11 is 0. The molecule has 1 fully saturated rings. The quantitative estimate of drug-likeness (QED) is 0.305. The van der Waals surface area contributed by atoms with Crippen LogP contribution in [0.15, 0.2) is 47.1 Å². The molecule has 0 aliphatic heterocycles. The molecule has 3 aromatic heterocycles. The Kier molecular flexibility index (Phi) is 8.38. The number of aryl methyl sites for hydroxylation is 2. The Labute approximate surface area is 242 Å². The van der Waals surface area contributed by atoms with Crippen molar-refractivity contribution in [3.8, 4) is 5.69 Å². The summed E-state index contributed by atoms with van der Waals surface area (Å²) in [5.74, 6) is 0.121. The number of fused-ring (bicyclic) bond motifs is 1. The summed E-state index contributed by atoms with van der Waals surface area (Å²) in [6.45, 7) is 11.4. The first-order valence-corrected chi connectivity index (χ1v) is 14.9. The van der Waals surface area contributed by atoms with Gasteiger partial charge in [-0.3, -0.25) is 14.5 Å². The molecule has 0 amide bonds. The number of aliphatic imine (C=N–C) groups is 1. The molecule has 8 heteroatoms. The van der Waals surface area contributed by atoms with E-state index in [9.17, 15) is 9.90 Å². The van der Waals surface area contributed by atoms with Gasteiger partial charge in [0, 0.05) is 47.6 Å². The van der Waals surface area contributed by atoms with Crippen LogP contribution in [0.1, 0.15) is 87.9 Å². The van der Waals surface area contributed by atoms with E-state index in [2.05, 4.69) is 63.2 Å². The highest BCUT2D eigenvalue weighted by molar-refractivity contribution is 6.20. The van der Waals surface area contributed by atoms with Gasteiger partial charge in [-0.1, -0.05) is 32.1 Å². The number of hydrogen-bond acceptors (Lipinski definition) is 5. The molecule has 0 atom stereocenters. The second-order valence-electron chi connectivity index (χ2n) is 11.8. The normalized spacial score (nSPS) is 21.4. The maximum absolute atomic E-state index is 11.3. The van der Waals surface area contributed by atoms with E-state index >= 15 is 0 Å². The van der Waals surface area contributed by atoms with Gasteiger partial charge in [0.1, 0.15) is 0 Å². The molecule has 216 valence electrons. The van der Waals surface area contributed by atoms with E-state index in [1.165, 1.54) is 5.56 Å². The summed E-state index contributed by atoms with van der Waals surface area (Å²) in [6, 6.07) is 2.13. The molecule has 0 unspecified atom stereocenters. The van der Waals surface area contributed by atoms with Gasteiger partial charge in [0.2, 0.25) is 0 Å². The lowest BCUT2D eigenvalue weighted by atomic mass is 9.80. The lowest BCUT2D eigenvalue weighted by molar-refractivity contribution is -0.143. The third-order valence-electron chi connectivity index (χ3n) is 8.62. The van der Waals surface area contributed by atoms with Crippen molar-refractivity contribution in [2.75, 3.05) is 6.54 Å². The van der Waals surface area contributed by atoms with Crippen LogP contribution in [-0.2, 0) is 11.8 Å². The molecule has 0 spiro atoms. The van der Waals surface area contributed by atoms with E-state index in [1.54, 1.807) is 4.68 Å². The Morgan fingerprint density at radius 2 is 1.95 bits per heavy atom. The molecule has 2 aliphatic rings. The molecule has 0 radical (unpaired) electrons. The minimum Gasteiger partial charge on any atom is -0.481 e. The van der Waals surface area contributed by atoms with Crippen molar-refractivity contribution in [1.82, 2.24) is 24.5 Å². The van der Waals surface area contributed by atoms with Crippen LogP contribution in [0.3, 0.4) is 0 Å². The van der Waals surface area contributed by atoms with Crippen LogP contribution >= 0.6 is 0 Å². The number of allylic oxidation sites excluding steroid dienone is 6. The molecule has 41 heavy (non-hydrogen) atoms. The molecule has 1 N–H and O–H groups in total. The first-order chi connectivity index (χ1) is 19.7. The molecular formula is C33H42N6O2. The van der Waals surface area contributed by atoms with Gasteiger partial charge < -0.3 is 5.11 Å². The number of hydrogen-bond donors (Lipinski definition) is 1. The third kappa shape index (κ3) is 5.83. The monoisotopic (exact) mass is 554 g/mol. The van der Waals surface area contributed by atoms with Gasteiger partial charge in [-0.2, -0.15) is 10.2 Å². The van der Waals surface area contributed by atoms with Crippen LogP contribution in [0.5, 0.6) is 0 Å². The lowest BCUT2D eigenvalue weighted by Gasteiger charge is -2.25. The van der Waals surface area contributed by atoms with Crippen LogP contribution in [0.4, 0.5) is 0 Å². The highest BCUT2D eigenvalue weighted by Gasteiger charge is 2.27. The lowest BCUT2D eigenvalue weighted by Crippen LogP contribution is -2.21. The van der Waals surface area contributed by atoms with Gasteiger partial charge in [0.25, 0.3) is 0 Å². The SMILES string of the molecule is C/C=C1/C(c2nn(-c3cc4cn(C)nc4nc3C)c(C)c2C(C)C)=CC=CC1=NCCCC1CCC(C(=O)O)CC1. The van der Waals surface area contributed by atoms with Crippen molar-refractivity contribution in [2.45, 2.75) is 79.1 Å². The Balaban J connectivity index is 1.38. The highest BCUT2D eigenvalue weighted by atomic mass is 16.4. The van der Waals surface area contributed by atoms with Crippen molar-refractivity contribution in [1.29, 1.82) is 0 Å². The molecule has 1 saturated carbocycles. The van der Waals surface area contributed by atoms with E-state index in [-0.39, 0.29) is 11.8 Å². The van der Waals surface area contributed by atoms with Gasteiger partial charge in [-0.05, 0) is 83.3 Å². The maximum atomic E-state index is 11.3. The fraction of sp³-hybridized carbons (Fsp3) is 0.485. The summed E-state index contributed by atoms with van der Waals surface area (Å²) < 4.78 is 3.84. The van der Waals surface area contributed by atoms with Crippen LogP contribution in [0, 0.1) is 25.7 Å². The average Bonchev–Trinajstić information content (AvgIpc) is 3.48. The predicted molar refractivity (Wildman–Crippen MR) is 165 cm³/mol. The van der Waals surface area contributed by atoms with E-state index < -0.39 is 5.97 Å². The summed E-state index contributed by atoms with van der Waals surface area (Å²) in [7, 11) is 1.91. The summed E-state index contributed by atoms with van der Waals surface area (Å²) in [6.07, 6.45) is 16.3. The second-order valence-corrected chi connectivity index (χ2v) is 11.8. The van der Waals surface area contributed by atoms with Gasteiger partial charge >= 0.3 is 5.97 Å². The Morgan fingerprint density at radius 1 is 1.20 bits per heavy atom. The molecule has 3 heterocycles. The topological polar surface area (TPSA) is 98.2 Å². The Morgan fingerprint density at radius 3 is 2.63 bits per heavy atom. The van der Waals surface area contributed by atoms with Crippen LogP contribution < -0.4 is 0 Å². The zero-order valence-electron chi connectivity index (χ0n) is 25.2. The first kappa shape index (κ1) is 28.7. The number of carboxylic acids is 1.